The summed E-state index contributed by atoms with van der Waals surface area (Å²) in [5.74, 6) is -1.24. The van der Waals surface area contributed by atoms with Crippen LogP contribution in [0.2, 0.25) is 0 Å². The van der Waals surface area contributed by atoms with Gasteiger partial charge in [0.25, 0.3) is 5.91 Å². The maximum absolute atomic E-state index is 14.8. The van der Waals surface area contributed by atoms with Crippen molar-refractivity contribution in [3.63, 3.8) is 0 Å². The molecule has 3 amide bonds. The largest absolute Gasteiger partial charge is 0.416 e. The van der Waals surface area contributed by atoms with E-state index in [4.69, 9.17) is 0 Å². The van der Waals surface area contributed by atoms with Gasteiger partial charge in [0.2, 0.25) is 0 Å². The summed E-state index contributed by atoms with van der Waals surface area (Å²) < 4.78 is 53.9. The van der Waals surface area contributed by atoms with Crippen LogP contribution < -0.4 is 10.6 Å². The average molecular weight is 555 g/mol. The van der Waals surface area contributed by atoms with Crippen molar-refractivity contribution in [2.24, 2.45) is 0 Å². The number of nitrogens with zero attached hydrogens (tertiary/aromatic N) is 2. The lowest BCUT2D eigenvalue weighted by Crippen LogP contribution is -2.39. The van der Waals surface area contributed by atoms with Crippen molar-refractivity contribution in [1.29, 1.82) is 0 Å². The summed E-state index contributed by atoms with van der Waals surface area (Å²) in [7, 11) is 0. The summed E-state index contributed by atoms with van der Waals surface area (Å²) in [6.45, 7) is 0.812. The van der Waals surface area contributed by atoms with E-state index in [1.54, 1.807) is 11.0 Å². The van der Waals surface area contributed by atoms with Crippen LogP contribution in [0.5, 0.6) is 0 Å². The van der Waals surface area contributed by atoms with Crippen LogP contribution in [0.3, 0.4) is 0 Å². The molecule has 0 unspecified atom stereocenters. The Bertz CT molecular complexity index is 1520. The lowest BCUT2D eigenvalue weighted by atomic mass is 10.0. The molecule has 39 heavy (non-hydrogen) atoms. The number of amides is 3. The summed E-state index contributed by atoms with van der Waals surface area (Å²) in [6.07, 6.45) is -1.49. The molecular weight excluding hydrogens is 532 g/mol. The summed E-state index contributed by atoms with van der Waals surface area (Å²) in [5.41, 5.74) is 1.76. The van der Waals surface area contributed by atoms with Crippen molar-refractivity contribution in [2.45, 2.75) is 19.0 Å². The number of thiazole rings is 1. The molecule has 200 valence electrons. The van der Waals surface area contributed by atoms with E-state index in [0.717, 1.165) is 27.9 Å². The molecule has 0 radical (unpaired) electrons. The Labute approximate surface area is 225 Å². The van der Waals surface area contributed by atoms with Crippen LogP contribution in [0.15, 0.2) is 72.3 Å². The smallest absolute Gasteiger partial charge is 0.324 e. The second-order valence-corrected chi connectivity index (χ2v) is 10.0. The zero-order valence-electron chi connectivity index (χ0n) is 20.4. The highest BCUT2D eigenvalue weighted by molar-refractivity contribution is 7.22. The minimum Gasteiger partial charge on any atom is -0.324 e. The molecule has 2 heterocycles. The Morgan fingerprint density at radius 1 is 0.949 bits per heavy atom. The monoisotopic (exact) mass is 554 g/mol. The number of hydrogen-bond donors (Lipinski definition) is 2. The predicted molar refractivity (Wildman–Crippen MR) is 143 cm³/mol. The quantitative estimate of drug-likeness (QED) is 0.258. The first-order chi connectivity index (χ1) is 18.7. The summed E-state index contributed by atoms with van der Waals surface area (Å²) in [4.78, 5) is 31.0. The maximum Gasteiger partial charge on any atom is 0.416 e. The molecule has 1 aliphatic heterocycles. The summed E-state index contributed by atoms with van der Waals surface area (Å²) in [6, 6.07) is 15.7. The van der Waals surface area contributed by atoms with Crippen molar-refractivity contribution < 1.29 is 27.2 Å². The van der Waals surface area contributed by atoms with Crippen LogP contribution in [0.25, 0.3) is 16.3 Å². The van der Waals surface area contributed by atoms with E-state index in [-0.39, 0.29) is 11.3 Å². The van der Waals surface area contributed by atoms with E-state index >= 15 is 0 Å². The molecule has 0 aliphatic carbocycles. The van der Waals surface area contributed by atoms with E-state index in [2.05, 4.69) is 15.6 Å². The average Bonchev–Trinajstić information content (AvgIpc) is 3.31. The summed E-state index contributed by atoms with van der Waals surface area (Å²) >= 11 is 1.31. The molecule has 3 aromatic carbocycles. The van der Waals surface area contributed by atoms with Gasteiger partial charge in [0.15, 0.2) is 5.13 Å². The minimum absolute atomic E-state index is 0.0915. The molecule has 1 aromatic heterocycles. The van der Waals surface area contributed by atoms with E-state index in [1.807, 2.05) is 30.3 Å². The van der Waals surface area contributed by atoms with Crippen LogP contribution in [-0.2, 0) is 6.18 Å². The van der Waals surface area contributed by atoms with Gasteiger partial charge >= 0.3 is 12.2 Å². The molecule has 0 atom stereocenters. The Hall–Kier alpha value is -4.25. The topological polar surface area (TPSA) is 74.3 Å². The maximum atomic E-state index is 14.8. The Morgan fingerprint density at radius 3 is 2.33 bits per heavy atom. The molecular formula is C28H22F4N4O2S. The minimum atomic E-state index is -4.44. The normalized spacial score (nSPS) is 13.8. The number of carbonyl (C=O) groups is 2. The predicted octanol–water partition coefficient (Wildman–Crippen LogP) is 7.42. The number of para-hydroxylation sites is 1. The second-order valence-electron chi connectivity index (χ2n) is 8.98. The van der Waals surface area contributed by atoms with E-state index in [1.165, 1.54) is 35.6 Å². The number of carbonyl (C=O) groups excluding carboxylic acids is 2. The van der Waals surface area contributed by atoms with E-state index in [0.29, 0.717) is 36.6 Å². The van der Waals surface area contributed by atoms with Crippen molar-refractivity contribution in [3.8, 4) is 0 Å². The van der Waals surface area contributed by atoms with Crippen molar-refractivity contribution in [2.75, 3.05) is 23.7 Å². The van der Waals surface area contributed by atoms with Gasteiger partial charge in [-0.2, -0.15) is 13.2 Å². The first-order valence-corrected chi connectivity index (χ1v) is 12.9. The third-order valence-corrected chi connectivity index (χ3v) is 7.23. The molecule has 1 saturated heterocycles. The molecule has 6 nitrogen and oxygen atoms in total. The SMILES string of the molecule is O=C(Nc1nc2ccccc2s1)c1ccc(C=C2CCN(C(=O)Nc3ccc(C(F)(F)F)cc3)CC2)cc1F. The number of likely N-dealkylation sites (tertiary alicyclic amines) is 1. The first kappa shape index (κ1) is 26.4. The van der Waals surface area contributed by atoms with Gasteiger partial charge in [-0.05, 0) is 66.9 Å². The van der Waals surface area contributed by atoms with Gasteiger partial charge in [-0.1, -0.05) is 41.2 Å². The number of aromatic nitrogens is 1. The van der Waals surface area contributed by atoms with Gasteiger partial charge < -0.3 is 10.2 Å². The van der Waals surface area contributed by atoms with E-state index < -0.39 is 29.5 Å². The van der Waals surface area contributed by atoms with Gasteiger partial charge in [-0.25, -0.2) is 14.2 Å². The number of fused-ring (bicyclic) bond motifs is 1. The molecule has 0 saturated carbocycles. The number of rotatable bonds is 4. The van der Waals surface area contributed by atoms with Crippen LogP contribution >= 0.6 is 11.3 Å². The number of anilines is 2. The molecule has 2 N–H and O–H groups in total. The molecule has 1 fully saturated rings. The zero-order valence-corrected chi connectivity index (χ0v) is 21.2. The number of benzene rings is 3. The number of hydrogen-bond acceptors (Lipinski definition) is 4. The van der Waals surface area contributed by atoms with Crippen LogP contribution in [-0.4, -0.2) is 34.9 Å². The fourth-order valence-corrected chi connectivity index (χ4v) is 5.08. The van der Waals surface area contributed by atoms with Crippen molar-refractivity contribution >= 4 is 50.4 Å². The van der Waals surface area contributed by atoms with Gasteiger partial charge in [-0.15, -0.1) is 0 Å². The standard InChI is InChI=1S/C28H22F4N4O2S/c29-22-16-18(5-10-21(22)25(37)35-26-34-23-3-1-2-4-24(23)39-26)15-17-11-13-36(14-12-17)27(38)33-20-8-6-19(7-9-20)28(30,31)32/h1-10,15-16H,11-14H2,(H,33,38)(H,34,35,37). The summed E-state index contributed by atoms with van der Waals surface area (Å²) in [5, 5.41) is 5.65. The Kier molecular flexibility index (Phi) is 7.34. The molecule has 4 aromatic rings. The highest BCUT2D eigenvalue weighted by atomic mass is 32.1. The van der Waals surface area contributed by atoms with Crippen LogP contribution in [0.4, 0.5) is 33.2 Å². The molecule has 5 rings (SSSR count). The van der Waals surface area contributed by atoms with Crippen LogP contribution in [0, 0.1) is 5.82 Å². The second kappa shape index (κ2) is 10.9. The van der Waals surface area contributed by atoms with Gasteiger partial charge in [0, 0.05) is 18.8 Å². The van der Waals surface area contributed by atoms with Gasteiger partial charge in [0.1, 0.15) is 5.82 Å². The Balaban J connectivity index is 1.16. The Morgan fingerprint density at radius 2 is 1.67 bits per heavy atom. The fourth-order valence-electron chi connectivity index (χ4n) is 4.22. The highest BCUT2D eigenvalue weighted by Gasteiger charge is 2.30. The number of alkyl halides is 3. The number of nitrogens with one attached hydrogen (secondary N) is 2. The molecule has 0 bridgehead atoms. The third kappa shape index (κ3) is 6.26. The fraction of sp³-hybridized carbons (Fsp3) is 0.179. The van der Waals surface area contributed by atoms with E-state index in [9.17, 15) is 27.2 Å². The number of halogens is 4. The lowest BCUT2D eigenvalue weighted by molar-refractivity contribution is -0.137. The lowest BCUT2D eigenvalue weighted by Gasteiger charge is -2.28. The van der Waals surface area contributed by atoms with Crippen molar-refractivity contribution in [1.82, 2.24) is 9.88 Å². The molecule has 11 heteroatoms. The van der Waals surface area contributed by atoms with Gasteiger partial charge in [-0.3, -0.25) is 10.1 Å². The first-order valence-electron chi connectivity index (χ1n) is 12.0. The molecule has 1 aliphatic rings. The third-order valence-electron chi connectivity index (χ3n) is 6.28. The highest BCUT2D eigenvalue weighted by Crippen LogP contribution is 2.30. The van der Waals surface area contributed by atoms with Gasteiger partial charge in [0.05, 0.1) is 21.3 Å². The number of piperidine rings is 1. The van der Waals surface area contributed by atoms with Crippen LogP contribution in [0.1, 0.15) is 34.3 Å². The molecule has 0 spiro atoms. The number of urea groups is 1. The zero-order chi connectivity index (χ0) is 27.6. The van der Waals surface area contributed by atoms with Crippen molar-refractivity contribution in [3.05, 3.63) is 94.8 Å².